The van der Waals surface area contributed by atoms with E-state index in [4.69, 9.17) is 5.73 Å². The summed E-state index contributed by atoms with van der Waals surface area (Å²) in [6.07, 6.45) is 1.69. The lowest BCUT2D eigenvalue weighted by Crippen LogP contribution is -2.03. The summed E-state index contributed by atoms with van der Waals surface area (Å²) in [4.78, 5) is 4.42. The Kier molecular flexibility index (Phi) is 3.37. The van der Waals surface area contributed by atoms with Gasteiger partial charge in [0.05, 0.1) is 17.1 Å². The number of nitrogen functional groups attached to an aromatic ring is 1. The quantitative estimate of drug-likeness (QED) is 0.780. The van der Waals surface area contributed by atoms with Gasteiger partial charge in [0.25, 0.3) is 0 Å². The molecule has 3 rings (SSSR count). The monoisotopic (exact) mass is 307 g/mol. The molecule has 3 heterocycles. The summed E-state index contributed by atoms with van der Waals surface area (Å²) in [5.74, 6) is 0.212. The Morgan fingerprint density at radius 2 is 1.96 bits per heavy atom. The zero-order chi connectivity index (χ0) is 16.7. The Bertz CT molecular complexity index is 940. The molecule has 116 valence electrons. The first-order valence-corrected chi connectivity index (χ1v) is 7.13. The average molecular weight is 307 g/mol. The molecule has 0 aliphatic carbocycles. The van der Waals surface area contributed by atoms with Crippen molar-refractivity contribution >= 4 is 5.82 Å². The van der Waals surface area contributed by atoms with Gasteiger partial charge in [0.1, 0.15) is 17.5 Å². The molecule has 0 fully saturated rings. The van der Waals surface area contributed by atoms with Crippen molar-refractivity contribution in [3.05, 3.63) is 35.3 Å². The molecule has 0 aromatic carbocycles. The third-order valence-electron chi connectivity index (χ3n) is 4.02. The third kappa shape index (κ3) is 2.25. The van der Waals surface area contributed by atoms with Crippen molar-refractivity contribution in [3.63, 3.8) is 0 Å². The summed E-state index contributed by atoms with van der Waals surface area (Å²) in [5, 5.41) is 18.0. The first kappa shape index (κ1) is 14.8. The predicted molar refractivity (Wildman–Crippen MR) is 87.2 cm³/mol. The van der Waals surface area contributed by atoms with Crippen molar-refractivity contribution in [2.45, 2.75) is 13.8 Å². The molecule has 2 N–H and O–H groups in total. The summed E-state index contributed by atoms with van der Waals surface area (Å²) in [6.45, 7) is 3.91. The number of pyridine rings is 1. The van der Waals surface area contributed by atoms with Crippen LogP contribution in [0.3, 0.4) is 0 Å². The number of aryl methyl sites for hydroxylation is 3. The van der Waals surface area contributed by atoms with E-state index in [1.807, 2.05) is 44.8 Å². The van der Waals surface area contributed by atoms with E-state index in [1.54, 1.807) is 10.9 Å². The van der Waals surface area contributed by atoms with Gasteiger partial charge in [-0.25, -0.2) is 4.98 Å². The van der Waals surface area contributed by atoms with Crippen LogP contribution in [0.4, 0.5) is 5.82 Å². The molecule has 7 nitrogen and oxygen atoms in total. The first-order valence-electron chi connectivity index (χ1n) is 7.13. The Morgan fingerprint density at radius 3 is 2.48 bits per heavy atom. The van der Waals surface area contributed by atoms with Crippen molar-refractivity contribution in [3.8, 4) is 28.6 Å². The van der Waals surface area contributed by atoms with Crippen molar-refractivity contribution < 1.29 is 0 Å². The van der Waals surface area contributed by atoms with Crippen molar-refractivity contribution in [1.29, 1.82) is 5.26 Å². The highest BCUT2D eigenvalue weighted by atomic mass is 15.3. The SMILES string of the molecule is Cc1nn(C)c(C)c1-c1cc(-c2ccnn2C)c(C#N)c(N)n1. The summed E-state index contributed by atoms with van der Waals surface area (Å²) in [6, 6.07) is 5.87. The van der Waals surface area contributed by atoms with Crippen molar-refractivity contribution in [1.82, 2.24) is 24.5 Å². The van der Waals surface area contributed by atoms with Gasteiger partial charge in [0, 0.05) is 37.1 Å². The Balaban J connectivity index is 2.32. The number of nitriles is 1. The second-order valence-corrected chi connectivity index (χ2v) is 5.44. The number of hydrogen-bond donors (Lipinski definition) is 1. The fraction of sp³-hybridized carbons (Fsp3) is 0.250. The lowest BCUT2D eigenvalue weighted by Gasteiger charge is -2.10. The van der Waals surface area contributed by atoms with Crippen molar-refractivity contribution in [2.24, 2.45) is 14.1 Å². The van der Waals surface area contributed by atoms with Gasteiger partial charge < -0.3 is 5.73 Å². The minimum absolute atomic E-state index is 0.212. The predicted octanol–water partition coefficient (Wildman–Crippen LogP) is 1.95. The highest BCUT2D eigenvalue weighted by Crippen LogP contribution is 2.33. The second kappa shape index (κ2) is 5.25. The van der Waals surface area contributed by atoms with Crippen LogP contribution in [-0.4, -0.2) is 24.5 Å². The molecular formula is C16H17N7. The van der Waals surface area contributed by atoms with E-state index in [1.165, 1.54) is 0 Å². The number of nitrogens with two attached hydrogens (primary N) is 1. The van der Waals surface area contributed by atoms with Crippen LogP contribution in [0, 0.1) is 25.2 Å². The molecule has 0 atom stereocenters. The molecule has 0 bridgehead atoms. The van der Waals surface area contributed by atoms with Gasteiger partial charge >= 0.3 is 0 Å². The summed E-state index contributed by atoms with van der Waals surface area (Å²) >= 11 is 0. The zero-order valence-corrected chi connectivity index (χ0v) is 13.5. The van der Waals surface area contributed by atoms with Crippen LogP contribution in [0.2, 0.25) is 0 Å². The molecule has 0 spiro atoms. The van der Waals surface area contributed by atoms with Crippen LogP contribution in [-0.2, 0) is 14.1 Å². The van der Waals surface area contributed by atoms with Gasteiger partial charge in [0.2, 0.25) is 0 Å². The molecule has 0 unspecified atom stereocenters. The summed E-state index contributed by atoms with van der Waals surface area (Å²) in [5.41, 5.74) is 11.5. The van der Waals surface area contributed by atoms with Gasteiger partial charge in [-0.15, -0.1) is 0 Å². The number of anilines is 1. The molecule has 0 radical (unpaired) electrons. The molecular weight excluding hydrogens is 290 g/mol. The standard InChI is InChI=1S/C16H17N7/c1-9-15(10(2)22(3)21-9)13-7-11(12(8-17)16(18)20-13)14-5-6-19-23(14)4/h5-7H,1-4H3,(H2,18,20). The molecule has 23 heavy (non-hydrogen) atoms. The minimum atomic E-state index is 0.212. The largest absolute Gasteiger partial charge is 0.383 e. The van der Waals surface area contributed by atoms with Crippen LogP contribution in [0.25, 0.3) is 22.5 Å². The van der Waals surface area contributed by atoms with Crippen LogP contribution in [0.5, 0.6) is 0 Å². The fourth-order valence-corrected chi connectivity index (χ4v) is 2.79. The maximum absolute atomic E-state index is 9.45. The van der Waals surface area contributed by atoms with Gasteiger partial charge in [-0.2, -0.15) is 15.5 Å². The van der Waals surface area contributed by atoms with Crippen LogP contribution in [0.15, 0.2) is 18.3 Å². The highest BCUT2D eigenvalue weighted by molar-refractivity contribution is 5.79. The lowest BCUT2D eigenvalue weighted by molar-refractivity contribution is 0.731. The number of hydrogen-bond acceptors (Lipinski definition) is 5. The van der Waals surface area contributed by atoms with E-state index in [-0.39, 0.29) is 5.82 Å². The van der Waals surface area contributed by atoms with E-state index in [0.717, 1.165) is 28.2 Å². The Labute approximate surface area is 134 Å². The van der Waals surface area contributed by atoms with Gasteiger partial charge in [0.15, 0.2) is 0 Å². The molecule has 0 saturated heterocycles. The molecule has 0 saturated carbocycles. The second-order valence-electron chi connectivity index (χ2n) is 5.44. The number of nitrogens with zero attached hydrogens (tertiary/aromatic N) is 6. The minimum Gasteiger partial charge on any atom is -0.383 e. The van der Waals surface area contributed by atoms with Crippen LogP contribution in [0.1, 0.15) is 17.0 Å². The van der Waals surface area contributed by atoms with E-state index >= 15 is 0 Å². The zero-order valence-electron chi connectivity index (χ0n) is 13.5. The molecule has 3 aromatic heterocycles. The van der Waals surface area contributed by atoms with E-state index in [2.05, 4.69) is 21.3 Å². The molecule has 3 aromatic rings. The van der Waals surface area contributed by atoms with Gasteiger partial charge in [-0.05, 0) is 26.0 Å². The van der Waals surface area contributed by atoms with Gasteiger partial charge in [-0.3, -0.25) is 9.36 Å². The third-order valence-corrected chi connectivity index (χ3v) is 4.02. The topological polar surface area (TPSA) is 98.3 Å². The smallest absolute Gasteiger partial charge is 0.142 e. The summed E-state index contributed by atoms with van der Waals surface area (Å²) < 4.78 is 3.52. The van der Waals surface area contributed by atoms with E-state index in [0.29, 0.717) is 11.3 Å². The average Bonchev–Trinajstić information content (AvgIpc) is 3.02. The van der Waals surface area contributed by atoms with Crippen LogP contribution < -0.4 is 5.73 Å². The maximum atomic E-state index is 9.45. The lowest BCUT2D eigenvalue weighted by atomic mass is 10.0. The normalized spacial score (nSPS) is 10.7. The van der Waals surface area contributed by atoms with E-state index < -0.39 is 0 Å². The highest BCUT2D eigenvalue weighted by Gasteiger charge is 2.19. The Morgan fingerprint density at radius 1 is 1.22 bits per heavy atom. The molecule has 0 amide bonds. The summed E-state index contributed by atoms with van der Waals surface area (Å²) in [7, 11) is 3.72. The molecule has 7 heteroatoms. The van der Waals surface area contributed by atoms with Crippen molar-refractivity contribution in [2.75, 3.05) is 5.73 Å². The number of rotatable bonds is 2. The number of aromatic nitrogens is 5. The maximum Gasteiger partial charge on any atom is 0.142 e. The fourth-order valence-electron chi connectivity index (χ4n) is 2.79. The molecule has 0 aliphatic heterocycles. The first-order chi connectivity index (χ1) is 10.9. The van der Waals surface area contributed by atoms with E-state index in [9.17, 15) is 5.26 Å². The van der Waals surface area contributed by atoms with Crippen LogP contribution >= 0.6 is 0 Å². The Hall–Kier alpha value is -3.14. The molecule has 0 aliphatic rings. The van der Waals surface area contributed by atoms with Gasteiger partial charge in [-0.1, -0.05) is 0 Å².